The van der Waals surface area contributed by atoms with E-state index < -0.39 is 5.97 Å². The molecule has 7 heteroatoms. The van der Waals surface area contributed by atoms with Crippen molar-refractivity contribution in [2.75, 3.05) is 20.3 Å². The molecule has 7 nitrogen and oxygen atoms in total. The first-order valence-corrected chi connectivity index (χ1v) is 8.78. The van der Waals surface area contributed by atoms with Gasteiger partial charge in [-0.2, -0.15) is 5.10 Å². The van der Waals surface area contributed by atoms with Gasteiger partial charge in [0.05, 0.1) is 19.2 Å². The molecule has 1 N–H and O–H groups in total. The Morgan fingerprint density at radius 3 is 2.61 bits per heavy atom. The summed E-state index contributed by atoms with van der Waals surface area (Å²) in [5.74, 6) is 0.763. The number of hydrogen-bond donors (Lipinski definition) is 1. The van der Waals surface area contributed by atoms with Crippen molar-refractivity contribution >= 4 is 5.97 Å². The smallest absolute Gasteiger partial charge is 0.307 e. The van der Waals surface area contributed by atoms with E-state index >= 15 is 0 Å². The lowest BCUT2D eigenvalue weighted by molar-refractivity contribution is -0.136. The highest BCUT2D eigenvalue weighted by Gasteiger charge is 2.09. The zero-order valence-electron chi connectivity index (χ0n) is 15.8. The van der Waals surface area contributed by atoms with Gasteiger partial charge >= 0.3 is 5.97 Å². The molecule has 0 aliphatic heterocycles. The average Bonchev–Trinajstić information content (AvgIpc) is 3.08. The number of methoxy groups -OCH3 is 1. The Hall–Kier alpha value is -3.32. The van der Waals surface area contributed by atoms with E-state index in [2.05, 4.69) is 5.10 Å². The van der Waals surface area contributed by atoms with Crippen molar-refractivity contribution in [3.05, 3.63) is 60.4 Å². The van der Waals surface area contributed by atoms with E-state index in [0.29, 0.717) is 36.0 Å². The Bertz CT molecular complexity index is 951. The van der Waals surface area contributed by atoms with Crippen molar-refractivity contribution in [3.8, 4) is 28.4 Å². The number of ether oxygens (including phenoxy) is 3. The van der Waals surface area contributed by atoms with Crippen LogP contribution in [0, 0.1) is 0 Å². The van der Waals surface area contributed by atoms with Crippen LogP contribution in [0.5, 0.6) is 17.2 Å². The summed E-state index contributed by atoms with van der Waals surface area (Å²) in [6.07, 6.45) is 3.59. The molecule has 0 saturated heterocycles. The molecule has 0 amide bonds. The van der Waals surface area contributed by atoms with Gasteiger partial charge in [0, 0.05) is 32.0 Å². The lowest BCUT2D eigenvalue weighted by atomic mass is 10.1. The molecule has 0 atom stereocenters. The summed E-state index contributed by atoms with van der Waals surface area (Å²) >= 11 is 0. The normalized spacial score (nSPS) is 10.6. The molecule has 0 aliphatic rings. The van der Waals surface area contributed by atoms with E-state index in [0.717, 1.165) is 11.1 Å². The van der Waals surface area contributed by atoms with E-state index in [-0.39, 0.29) is 6.42 Å². The van der Waals surface area contributed by atoms with Crippen molar-refractivity contribution in [1.82, 2.24) is 9.78 Å². The molecule has 3 rings (SSSR count). The molecule has 0 spiro atoms. The first-order chi connectivity index (χ1) is 13.5. The SMILES string of the molecule is COCCOc1cc(CC(=O)O)cc(Oc2cccc(-c3cnn(C)c3)c2)c1. The lowest BCUT2D eigenvalue weighted by Gasteiger charge is -2.12. The predicted molar refractivity (Wildman–Crippen MR) is 104 cm³/mol. The summed E-state index contributed by atoms with van der Waals surface area (Å²) in [5.41, 5.74) is 2.56. The minimum Gasteiger partial charge on any atom is -0.491 e. The van der Waals surface area contributed by atoms with Crippen molar-refractivity contribution in [3.63, 3.8) is 0 Å². The Kier molecular flexibility index (Phi) is 6.29. The number of carboxylic acid groups (broad SMARTS) is 1. The monoisotopic (exact) mass is 382 g/mol. The van der Waals surface area contributed by atoms with Crippen molar-refractivity contribution in [2.24, 2.45) is 7.05 Å². The molecule has 0 bridgehead atoms. The number of nitrogens with zero attached hydrogens (tertiary/aromatic N) is 2. The van der Waals surface area contributed by atoms with Crippen LogP contribution in [-0.2, 0) is 23.0 Å². The maximum absolute atomic E-state index is 11.1. The quantitative estimate of drug-likeness (QED) is 0.570. The fourth-order valence-electron chi connectivity index (χ4n) is 2.74. The first kappa shape index (κ1) is 19.4. The molecular formula is C21H22N2O5. The molecule has 0 unspecified atom stereocenters. The predicted octanol–water partition coefficient (Wildman–Crippen LogP) is 3.53. The highest BCUT2D eigenvalue weighted by atomic mass is 16.5. The number of aliphatic carboxylic acids is 1. The average molecular weight is 382 g/mol. The first-order valence-electron chi connectivity index (χ1n) is 8.78. The number of aryl methyl sites for hydroxylation is 1. The number of aromatic nitrogens is 2. The zero-order chi connectivity index (χ0) is 19.9. The Morgan fingerprint density at radius 2 is 1.89 bits per heavy atom. The summed E-state index contributed by atoms with van der Waals surface area (Å²) in [6.45, 7) is 0.801. The summed E-state index contributed by atoms with van der Waals surface area (Å²) in [4.78, 5) is 11.1. The number of hydrogen-bond acceptors (Lipinski definition) is 5. The largest absolute Gasteiger partial charge is 0.491 e. The Morgan fingerprint density at radius 1 is 1.07 bits per heavy atom. The molecular weight excluding hydrogens is 360 g/mol. The van der Waals surface area contributed by atoms with Crippen molar-refractivity contribution in [2.45, 2.75) is 6.42 Å². The van der Waals surface area contributed by atoms with Crippen molar-refractivity contribution < 1.29 is 24.1 Å². The van der Waals surface area contributed by atoms with Crippen LogP contribution in [-0.4, -0.2) is 41.2 Å². The summed E-state index contributed by atoms with van der Waals surface area (Å²) in [6, 6.07) is 12.8. The van der Waals surface area contributed by atoms with E-state index in [1.165, 1.54) is 0 Å². The number of carbonyl (C=O) groups is 1. The maximum Gasteiger partial charge on any atom is 0.307 e. The molecule has 0 fully saturated rings. The molecule has 1 heterocycles. The van der Waals surface area contributed by atoms with Gasteiger partial charge in [-0.25, -0.2) is 0 Å². The summed E-state index contributed by atoms with van der Waals surface area (Å²) in [7, 11) is 3.46. The van der Waals surface area contributed by atoms with Crippen molar-refractivity contribution in [1.29, 1.82) is 0 Å². The highest BCUT2D eigenvalue weighted by molar-refractivity contribution is 5.70. The molecule has 146 valence electrons. The second-order valence-electron chi connectivity index (χ2n) is 6.26. The van der Waals surface area contributed by atoms with Crippen LogP contribution in [0.2, 0.25) is 0 Å². The number of carboxylic acids is 1. The third kappa shape index (κ3) is 5.34. The van der Waals surface area contributed by atoms with Gasteiger partial charge in [0.1, 0.15) is 23.9 Å². The van der Waals surface area contributed by atoms with Gasteiger partial charge in [0.25, 0.3) is 0 Å². The standard InChI is InChI=1S/C21H22N2O5/c1-23-14-17(13-22-23)16-4-3-5-18(11-16)28-20-9-15(10-21(24)25)8-19(12-20)27-7-6-26-2/h3-5,8-9,11-14H,6-7,10H2,1-2H3,(H,24,25). The fraction of sp³-hybridized carbons (Fsp3) is 0.238. The molecule has 3 aromatic rings. The lowest BCUT2D eigenvalue weighted by Crippen LogP contribution is -2.06. The maximum atomic E-state index is 11.1. The van der Waals surface area contributed by atoms with Crippen LogP contribution in [0.3, 0.4) is 0 Å². The van der Waals surface area contributed by atoms with Crippen LogP contribution >= 0.6 is 0 Å². The molecule has 28 heavy (non-hydrogen) atoms. The second kappa shape index (κ2) is 9.05. The third-order valence-electron chi connectivity index (χ3n) is 3.96. The summed E-state index contributed by atoms with van der Waals surface area (Å²) in [5, 5.41) is 13.3. The summed E-state index contributed by atoms with van der Waals surface area (Å²) < 4.78 is 18.3. The molecule has 1 aromatic heterocycles. The van der Waals surface area contributed by atoms with E-state index in [4.69, 9.17) is 19.3 Å². The molecule has 0 radical (unpaired) electrons. The van der Waals surface area contributed by atoms with Crippen LogP contribution in [0.4, 0.5) is 0 Å². The minimum absolute atomic E-state index is 0.117. The van der Waals surface area contributed by atoms with E-state index in [1.54, 1.807) is 36.2 Å². The van der Waals surface area contributed by atoms with E-state index in [1.807, 2.05) is 37.5 Å². The Balaban J connectivity index is 1.83. The van der Waals surface area contributed by atoms with E-state index in [9.17, 15) is 4.79 Å². The van der Waals surface area contributed by atoms with Gasteiger partial charge in [-0.05, 0) is 35.4 Å². The Labute approximate surface area is 163 Å². The van der Waals surface area contributed by atoms with Gasteiger partial charge in [0.2, 0.25) is 0 Å². The van der Waals surface area contributed by atoms with Crippen LogP contribution in [0.15, 0.2) is 54.9 Å². The topological polar surface area (TPSA) is 82.8 Å². The molecule has 0 saturated carbocycles. The van der Waals surface area contributed by atoms with Crippen LogP contribution < -0.4 is 9.47 Å². The van der Waals surface area contributed by atoms with Gasteiger partial charge < -0.3 is 19.3 Å². The third-order valence-corrected chi connectivity index (χ3v) is 3.96. The van der Waals surface area contributed by atoms with Crippen LogP contribution in [0.25, 0.3) is 11.1 Å². The second-order valence-corrected chi connectivity index (χ2v) is 6.26. The number of rotatable bonds is 9. The number of benzene rings is 2. The fourth-order valence-corrected chi connectivity index (χ4v) is 2.74. The molecule has 0 aliphatic carbocycles. The minimum atomic E-state index is -0.918. The highest BCUT2D eigenvalue weighted by Crippen LogP contribution is 2.30. The van der Waals surface area contributed by atoms with Crippen LogP contribution in [0.1, 0.15) is 5.56 Å². The molecule has 2 aromatic carbocycles. The van der Waals surface area contributed by atoms with Gasteiger partial charge in [-0.15, -0.1) is 0 Å². The van der Waals surface area contributed by atoms with Gasteiger partial charge in [0.15, 0.2) is 0 Å². The zero-order valence-corrected chi connectivity index (χ0v) is 15.8. The van der Waals surface area contributed by atoms with Gasteiger partial charge in [-0.3, -0.25) is 9.48 Å². The van der Waals surface area contributed by atoms with Gasteiger partial charge in [-0.1, -0.05) is 12.1 Å².